The molecule has 2 atom stereocenters. The van der Waals surface area contributed by atoms with Crippen LogP contribution in [-0.2, 0) is 38.2 Å². The van der Waals surface area contributed by atoms with Crippen molar-refractivity contribution in [2.24, 2.45) is 0 Å². The normalized spacial score (nSPS) is 12.9. The van der Waals surface area contributed by atoms with Crippen molar-refractivity contribution in [2.75, 3.05) is 80.7 Å². The van der Waals surface area contributed by atoms with Gasteiger partial charge in [0.05, 0.1) is 34.3 Å². The van der Waals surface area contributed by atoms with E-state index in [4.69, 9.17) is 14.2 Å². The van der Waals surface area contributed by atoms with E-state index in [1.807, 2.05) is 34.3 Å². The maximum Gasteiger partial charge on any atom is 0.362 e. The Morgan fingerprint density at radius 2 is 1.07 bits per heavy atom. The number of hydrogen-bond donors (Lipinski definition) is 3. The Hall–Kier alpha value is -3.03. The van der Waals surface area contributed by atoms with Gasteiger partial charge in [-0.15, -0.1) is 0 Å². The van der Waals surface area contributed by atoms with Crippen molar-refractivity contribution in [2.45, 2.75) is 174 Å². The van der Waals surface area contributed by atoms with Gasteiger partial charge in [-0.2, -0.15) is 0 Å². The zero-order valence-corrected chi connectivity index (χ0v) is 38.6. The summed E-state index contributed by atoms with van der Waals surface area (Å²) in [6.45, 7) is 8.53. The summed E-state index contributed by atoms with van der Waals surface area (Å²) < 4.78 is 16.6. The quantitative estimate of drug-likeness (QED) is 0.0196. The summed E-state index contributed by atoms with van der Waals surface area (Å²) in [5.41, 5.74) is 0. The molecule has 0 aliphatic rings. The average molecular weight is 841 g/mol. The minimum absolute atomic E-state index is 0.0379. The Bertz CT molecular complexity index is 1160. The fraction of sp³-hybridized carbons (Fsp3) is 0.848. The molecule has 0 spiro atoms. The number of nitrogens with zero attached hydrogens (tertiary/aromatic N) is 2. The van der Waals surface area contributed by atoms with Gasteiger partial charge in [0.15, 0.2) is 13.1 Å². The Morgan fingerprint density at radius 3 is 1.59 bits per heavy atom. The summed E-state index contributed by atoms with van der Waals surface area (Å²) in [4.78, 5) is 59.2. The maximum atomic E-state index is 12.7. The molecule has 0 radical (unpaired) electrons. The predicted octanol–water partition coefficient (Wildman–Crippen LogP) is 6.93. The van der Waals surface area contributed by atoms with E-state index < -0.39 is 12.2 Å². The van der Waals surface area contributed by atoms with Gasteiger partial charge in [0.2, 0.25) is 5.91 Å². The molecule has 0 aromatic heterocycles. The van der Waals surface area contributed by atoms with E-state index >= 15 is 0 Å². The smallest absolute Gasteiger partial charge is 0.362 e. The minimum atomic E-state index is -0.750. The molecule has 0 aromatic rings. The van der Waals surface area contributed by atoms with Crippen LogP contribution in [-0.4, -0.2) is 137 Å². The lowest BCUT2D eigenvalue weighted by atomic mass is 10.0. The van der Waals surface area contributed by atoms with Gasteiger partial charge in [-0.25, -0.2) is 4.79 Å². The number of likely N-dealkylation sites (N-methyl/N-ethyl adjacent to an activating group) is 2. The largest absolute Gasteiger partial charge is 0.460 e. The van der Waals surface area contributed by atoms with Crippen LogP contribution in [0.25, 0.3) is 0 Å². The van der Waals surface area contributed by atoms with E-state index in [-0.39, 0.29) is 42.9 Å². The molecule has 0 aliphatic heterocycles. The molecule has 0 fully saturated rings. The van der Waals surface area contributed by atoms with Crippen molar-refractivity contribution >= 4 is 29.7 Å². The number of aliphatic hydroxyl groups is 1. The zero-order chi connectivity index (χ0) is 44.2. The third-order valence-electron chi connectivity index (χ3n) is 10.5. The van der Waals surface area contributed by atoms with Gasteiger partial charge >= 0.3 is 17.9 Å². The highest BCUT2D eigenvalue weighted by atomic mass is 16.6. The summed E-state index contributed by atoms with van der Waals surface area (Å²) in [5, 5.41) is 17.0. The van der Waals surface area contributed by atoms with E-state index in [2.05, 4.69) is 23.6 Å². The third kappa shape index (κ3) is 37.7. The lowest BCUT2D eigenvalue weighted by Gasteiger charge is -2.30. The molecule has 0 saturated carbocycles. The van der Waals surface area contributed by atoms with Crippen LogP contribution >= 0.6 is 0 Å². The summed E-state index contributed by atoms with van der Waals surface area (Å²) in [5.74, 6) is -0.795. The zero-order valence-electron chi connectivity index (χ0n) is 38.6. The van der Waals surface area contributed by atoms with Gasteiger partial charge in [-0.3, -0.25) is 19.2 Å². The second-order valence-corrected chi connectivity index (χ2v) is 17.7. The number of hydrogen-bond acceptors (Lipinski definition) is 9. The predicted molar refractivity (Wildman–Crippen MR) is 235 cm³/mol. The SMILES string of the molecule is CCCCCC(OC(=O)C[N+](C)(C)CCOC(C)=O)C(O)C/C=C/CCCCCCCC(=O)NCCCCCCCCCCCCNC(=O)C[N+](C)(C)CCOC(C)=O. The van der Waals surface area contributed by atoms with Crippen LogP contribution in [0.15, 0.2) is 12.2 Å². The van der Waals surface area contributed by atoms with Crippen molar-refractivity contribution in [1.29, 1.82) is 0 Å². The van der Waals surface area contributed by atoms with Gasteiger partial charge in [0.25, 0.3) is 5.91 Å². The van der Waals surface area contributed by atoms with Crippen LogP contribution in [0.5, 0.6) is 0 Å². The molecule has 344 valence electrons. The molecule has 0 aromatic carbocycles. The van der Waals surface area contributed by atoms with E-state index in [0.717, 1.165) is 90.0 Å². The summed E-state index contributed by atoms with van der Waals surface area (Å²) in [6.07, 6.45) is 25.3. The number of esters is 3. The summed E-state index contributed by atoms with van der Waals surface area (Å²) in [7, 11) is 7.71. The van der Waals surface area contributed by atoms with E-state index in [1.54, 1.807) is 0 Å². The standard InChI is InChI=1S/C46H86N4O9/c1-8-9-24-30-43(59-46(56)39-50(6,7)35-37-58-41(3)52)42(53)29-25-20-16-12-13-17-21-26-31-44(54)47-32-27-22-18-14-10-11-15-19-23-28-33-48-45(55)38-49(4,5)34-36-57-40(2)51/h20,25,42-43,53H,8-19,21-24,26-39H2,1-7H3/p+2/b25-20+. The first-order chi connectivity index (χ1) is 28.1. The van der Waals surface area contributed by atoms with Crippen molar-refractivity contribution in [1.82, 2.24) is 10.6 Å². The van der Waals surface area contributed by atoms with Crippen LogP contribution in [0.2, 0.25) is 0 Å². The lowest BCUT2D eigenvalue weighted by molar-refractivity contribution is -0.883. The fourth-order valence-corrected chi connectivity index (χ4v) is 6.75. The molecule has 13 nitrogen and oxygen atoms in total. The highest BCUT2D eigenvalue weighted by Gasteiger charge is 2.27. The van der Waals surface area contributed by atoms with E-state index in [9.17, 15) is 29.1 Å². The number of allylic oxidation sites excluding steroid dienone is 1. The fourth-order valence-electron chi connectivity index (χ4n) is 6.75. The van der Waals surface area contributed by atoms with Crippen LogP contribution in [0.4, 0.5) is 0 Å². The molecule has 0 heterocycles. The maximum absolute atomic E-state index is 12.7. The number of aliphatic hydroxyl groups excluding tert-OH is 1. The second kappa shape index (κ2) is 35.7. The minimum Gasteiger partial charge on any atom is -0.460 e. The second-order valence-electron chi connectivity index (χ2n) is 17.7. The molecule has 59 heavy (non-hydrogen) atoms. The summed E-state index contributed by atoms with van der Waals surface area (Å²) in [6, 6.07) is 0. The van der Waals surface area contributed by atoms with Gasteiger partial charge in [-0.1, -0.05) is 103 Å². The molecule has 0 bridgehead atoms. The monoisotopic (exact) mass is 841 g/mol. The summed E-state index contributed by atoms with van der Waals surface area (Å²) >= 11 is 0. The number of unbranched alkanes of at least 4 members (excludes halogenated alkanes) is 16. The van der Waals surface area contributed by atoms with Crippen LogP contribution in [0.1, 0.15) is 162 Å². The van der Waals surface area contributed by atoms with E-state index in [1.165, 1.54) is 52.4 Å². The molecule has 2 unspecified atom stereocenters. The van der Waals surface area contributed by atoms with Gasteiger partial charge < -0.3 is 38.9 Å². The van der Waals surface area contributed by atoms with Crippen molar-refractivity contribution < 1.29 is 52.3 Å². The molecule has 2 amide bonds. The number of nitrogens with one attached hydrogen (secondary N) is 2. The number of carbonyl (C=O) groups is 5. The third-order valence-corrected chi connectivity index (χ3v) is 10.5. The van der Waals surface area contributed by atoms with Crippen molar-refractivity contribution in [3.63, 3.8) is 0 Å². The Balaban J connectivity index is 3.83. The average Bonchev–Trinajstić information content (AvgIpc) is 3.14. The molecular formula is C46H88N4O9+2. The van der Waals surface area contributed by atoms with Gasteiger partial charge in [0, 0.05) is 33.4 Å². The number of amides is 2. The first kappa shape index (κ1) is 56.0. The highest BCUT2D eigenvalue weighted by molar-refractivity contribution is 5.77. The Morgan fingerprint density at radius 1 is 0.593 bits per heavy atom. The van der Waals surface area contributed by atoms with Crippen LogP contribution in [0, 0.1) is 0 Å². The molecule has 13 heteroatoms. The van der Waals surface area contributed by atoms with Crippen LogP contribution < -0.4 is 10.6 Å². The highest BCUT2D eigenvalue weighted by Crippen LogP contribution is 2.16. The number of rotatable bonds is 39. The van der Waals surface area contributed by atoms with Crippen LogP contribution in [0.3, 0.4) is 0 Å². The van der Waals surface area contributed by atoms with Crippen molar-refractivity contribution in [3.05, 3.63) is 12.2 Å². The molecule has 0 saturated heterocycles. The topological polar surface area (TPSA) is 157 Å². The van der Waals surface area contributed by atoms with Gasteiger partial charge in [0.1, 0.15) is 32.4 Å². The Labute approximate surface area is 358 Å². The number of carbonyl (C=O) groups excluding carboxylic acids is 5. The first-order valence-corrected chi connectivity index (χ1v) is 23.0. The number of ether oxygens (including phenoxy) is 3. The Kier molecular flexibility index (Phi) is 33.9. The first-order valence-electron chi connectivity index (χ1n) is 23.0. The van der Waals surface area contributed by atoms with Gasteiger partial charge in [-0.05, 0) is 51.4 Å². The molecule has 3 N–H and O–H groups in total. The number of quaternary nitrogens is 2. The van der Waals surface area contributed by atoms with Crippen molar-refractivity contribution in [3.8, 4) is 0 Å². The lowest BCUT2D eigenvalue weighted by Crippen LogP contribution is -2.49. The molecular weight excluding hydrogens is 753 g/mol. The van der Waals surface area contributed by atoms with E-state index in [0.29, 0.717) is 61.0 Å². The molecule has 0 aliphatic carbocycles. The molecule has 0 rings (SSSR count).